The van der Waals surface area contributed by atoms with Gasteiger partial charge in [-0.05, 0) is 24.3 Å². The van der Waals surface area contributed by atoms with E-state index in [2.05, 4.69) is 21.2 Å². The smallest absolute Gasteiger partial charge is 0.322 e. The molecule has 1 amide bonds. The van der Waals surface area contributed by atoms with Gasteiger partial charge in [-0.2, -0.15) is 0 Å². The summed E-state index contributed by atoms with van der Waals surface area (Å²) in [5, 5.41) is 21.1. The number of hydrogen-bond donors (Lipinski definition) is 3. The third-order valence-electron chi connectivity index (χ3n) is 3.76. The first-order chi connectivity index (χ1) is 11.9. The molecule has 130 valence electrons. The SMILES string of the molecule is O=C(O)CNC(=O)c1c(O)c2c(n(-c3ccc(Br)cc3)c1=O)COC2. The van der Waals surface area contributed by atoms with Gasteiger partial charge in [-0.15, -0.1) is 0 Å². The fourth-order valence-corrected chi connectivity index (χ4v) is 2.89. The number of halogens is 1. The van der Waals surface area contributed by atoms with E-state index in [9.17, 15) is 19.5 Å². The molecule has 0 bridgehead atoms. The van der Waals surface area contributed by atoms with E-state index in [-0.39, 0.29) is 13.2 Å². The van der Waals surface area contributed by atoms with Crippen LogP contribution in [0.25, 0.3) is 5.69 Å². The van der Waals surface area contributed by atoms with E-state index in [1.54, 1.807) is 24.3 Å². The molecule has 0 saturated carbocycles. The summed E-state index contributed by atoms with van der Waals surface area (Å²) >= 11 is 3.31. The highest BCUT2D eigenvalue weighted by Gasteiger charge is 2.29. The second kappa shape index (κ2) is 6.69. The molecule has 1 aliphatic heterocycles. The van der Waals surface area contributed by atoms with E-state index in [4.69, 9.17) is 9.84 Å². The molecule has 3 rings (SSSR count). The Morgan fingerprint density at radius 2 is 1.92 bits per heavy atom. The topological polar surface area (TPSA) is 118 Å². The van der Waals surface area contributed by atoms with E-state index in [1.807, 2.05) is 0 Å². The molecular weight excluding hydrogens is 396 g/mol. The first kappa shape index (κ1) is 17.2. The van der Waals surface area contributed by atoms with Gasteiger partial charge in [-0.3, -0.25) is 19.0 Å². The Morgan fingerprint density at radius 3 is 2.56 bits per heavy atom. The van der Waals surface area contributed by atoms with Gasteiger partial charge < -0.3 is 20.3 Å². The predicted molar refractivity (Wildman–Crippen MR) is 89.9 cm³/mol. The molecule has 0 aliphatic carbocycles. The van der Waals surface area contributed by atoms with E-state index in [1.165, 1.54) is 4.57 Å². The molecule has 1 aromatic heterocycles. The number of aromatic nitrogens is 1. The number of nitrogens with one attached hydrogen (secondary N) is 1. The summed E-state index contributed by atoms with van der Waals surface area (Å²) in [5.41, 5.74) is 0.0465. The third-order valence-corrected chi connectivity index (χ3v) is 4.28. The van der Waals surface area contributed by atoms with Crippen LogP contribution >= 0.6 is 15.9 Å². The molecule has 0 radical (unpaired) electrons. The van der Waals surface area contributed by atoms with Crippen molar-refractivity contribution in [2.75, 3.05) is 6.54 Å². The highest BCUT2D eigenvalue weighted by Crippen LogP contribution is 2.31. The van der Waals surface area contributed by atoms with Crippen molar-refractivity contribution in [3.05, 3.63) is 55.9 Å². The summed E-state index contributed by atoms with van der Waals surface area (Å²) in [7, 11) is 0. The van der Waals surface area contributed by atoms with Gasteiger partial charge in [-0.1, -0.05) is 15.9 Å². The minimum absolute atomic E-state index is 0.0528. The second-order valence-electron chi connectivity index (χ2n) is 5.34. The van der Waals surface area contributed by atoms with Gasteiger partial charge in [0.2, 0.25) is 0 Å². The Labute approximate surface area is 149 Å². The van der Waals surface area contributed by atoms with Crippen molar-refractivity contribution in [3.8, 4) is 11.4 Å². The van der Waals surface area contributed by atoms with Gasteiger partial charge in [0, 0.05) is 15.7 Å². The Hall–Kier alpha value is -2.65. The minimum Gasteiger partial charge on any atom is -0.506 e. The molecule has 2 heterocycles. The number of carboxylic acids is 1. The normalized spacial score (nSPS) is 12.7. The predicted octanol–water partition coefficient (Wildman–Crippen LogP) is 1.15. The fraction of sp³-hybridized carbons (Fsp3) is 0.188. The molecule has 0 saturated heterocycles. The zero-order valence-corrected chi connectivity index (χ0v) is 14.4. The number of aromatic hydroxyl groups is 1. The first-order valence-electron chi connectivity index (χ1n) is 7.23. The number of carboxylic acid groups (broad SMARTS) is 1. The number of carbonyl (C=O) groups is 2. The lowest BCUT2D eigenvalue weighted by molar-refractivity contribution is -0.135. The van der Waals surface area contributed by atoms with Crippen LogP contribution in [0.5, 0.6) is 5.75 Å². The largest absolute Gasteiger partial charge is 0.506 e. The van der Waals surface area contributed by atoms with Crippen molar-refractivity contribution >= 4 is 27.8 Å². The minimum atomic E-state index is -1.26. The van der Waals surface area contributed by atoms with E-state index >= 15 is 0 Å². The summed E-state index contributed by atoms with van der Waals surface area (Å²) in [5.74, 6) is -2.69. The van der Waals surface area contributed by atoms with Gasteiger partial charge in [0.15, 0.2) is 0 Å². The van der Waals surface area contributed by atoms with E-state index in [0.717, 1.165) is 4.47 Å². The van der Waals surface area contributed by atoms with Gasteiger partial charge in [0.05, 0.1) is 18.9 Å². The summed E-state index contributed by atoms with van der Waals surface area (Å²) in [6, 6.07) is 6.84. The highest BCUT2D eigenvalue weighted by molar-refractivity contribution is 9.10. The number of rotatable bonds is 4. The van der Waals surface area contributed by atoms with Gasteiger partial charge in [0.25, 0.3) is 11.5 Å². The van der Waals surface area contributed by atoms with Crippen LogP contribution in [0.4, 0.5) is 0 Å². The van der Waals surface area contributed by atoms with Crippen molar-refractivity contribution in [1.82, 2.24) is 9.88 Å². The maximum atomic E-state index is 12.8. The molecule has 25 heavy (non-hydrogen) atoms. The molecule has 9 heteroatoms. The van der Waals surface area contributed by atoms with Crippen LogP contribution in [-0.4, -0.2) is 33.2 Å². The maximum absolute atomic E-state index is 12.8. The number of fused-ring (bicyclic) bond motifs is 1. The lowest BCUT2D eigenvalue weighted by Crippen LogP contribution is -2.36. The lowest BCUT2D eigenvalue weighted by Gasteiger charge is -2.15. The summed E-state index contributed by atoms with van der Waals surface area (Å²) in [6.07, 6.45) is 0. The summed E-state index contributed by atoms with van der Waals surface area (Å²) in [6.45, 7) is -0.494. The number of amides is 1. The molecule has 0 unspecified atom stereocenters. The van der Waals surface area contributed by atoms with Crippen LogP contribution in [0.2, 0.25) is 0 Å². The Balaban J connectivity index is 2.19. The van der Waals surface area contributed by atoms with E-state index in [0.29, 0.717) is 16.9 Å². The number of nitrogens with zero attached hydrogens (tertiary/aromatic N) is 1. The maximum Gasteiger partial charge on any atom is 0.322 e. The number of ether oxygens (including phenoxy) is 1. The summed E-state index contributed by atoms with van der Waals surface area (Å²) in [4.78, 5) is 35.7. The van der Waals surface area contributed by atoms with Crippen LogP contribution in [0, 0.1) is 0 Å². The number of hydrogen-bond acceptors (Lipinski definition) is 5. The molecule has 0 atom stereocenters. The first-order valence-corrected chi connectivity index (χ1v) is 8.03. The van der Waals surface area contributed by atoms with Crippen molar-refractivity contribution in [3.63, 3.8) is 0 Å². The molecular formula is C16H13BrN2O6. The van der Waals surface area contributed by atoms with Gasteiger partial charge in [0.1, 0.15) is 17.9 Å². The molecule has 2 aromatic rings. The highest BCUT2D eigenvalue weighted by atomic mass is 79.9. The molecule has 8 nitrogen and oxygen atoms in total. The van der Waals surface area contributed by atoms with Crippen LogP contribution in [0.1, 0.15) is 21.6 Å². The molecule has 1 aliphatic rings. The van der Waals surface area contributed by atoms with Crippen LogP contribution in [0.15, 0.2) is 33.5 Å². The van der Waals surface area contributed by atoms with Gasteiger partial charge in [-0.25, -0.2) is 0 Å². The quantitative estimate of drug-likeness (QED) is 0.698. The average molecular weight is 409 g/mol. The van der Waals surface area contributed by atoms with Crippen molar-refractivity contribution in [2.24, 2.45) is 0 Å². The fourth-order valence-electron chi connectivity index (χ4n) is 2.62. The molecule has 3 N–H and O–H groups in total. The van der Waals surface area contributed by atoms with Gasteiger partial charge >= 0.3 is 5.97 Å². The zero-order chi connectivity index (χ0) is 18.1. The van der Waals surface area contributed by atoms with Crippen molar-refractivity contribution in [1.29, 1.82) is 0 Å². The van der Waals surface area contributed by atoms with Crippen molar-refractivity contribution < 1.29 is 24.5 Å². The number of pyridine rings is 1. The molecule has 1 aromatic carbocycles. The number of aliphatic carboxylic acids is 1. The van der Waals surface area contributed by atoms with Crippen molar-refractivity contribution in [2.45, 2.75) is 13.2 Å². The monoisotopic (exact) mass is 408 g/mol. The van der Waals surface area contributed by atoms with Crippen LogP contribution in [-0.2, 0) is 22.7 Å². The van der Waals surface area contributed by atoms with Crippen LogP contribution in [0.3, 0.4) is 0 Å². The lowest BCUT2D eigenvalue weighted by atomic mass is 10.1. The van der Waals surface area contributed by atoms with E-state index < -0.39 is 35.3 Å². The Bertz CT molecular complexity index is 920. The molecule has 0 spiro atoms. The zero-order valence-electron chi connectivity index (χ0n) is 12.8. The van der Waals surface area contributed by atoms with Crippen LogP contribution < -0.4 is 10.9 Å². The Kier molecular flexibility index (Phi) is 4.60. The second-order valence-corrected chi connectivity index (χ2v) is 6.25. The summed E-state index contributed by atoms with van der Waals surface area (Å²) < 4.78 is 7.43. The number of carbonyl (C=O) groups excluding carboxylic acids is 1. The third kappa shape index (κ3) is 3.15. The number of benzene rings is 1. The Morgan fingerprint density at radius 1 is 1.24 bits per heavy atom. The standard InChI is InChI=1S/C16H13BrN2O6/c17-8-1-3-9(4-2-8)19-11-7-25-6-10(11)14(22)13(16(19)24)15(23)18-5-12(20)21/h1-4,22H,5-7H2,(H,18,23)(H,20,21). The average Bonchev–Trinajstić information content (AvgIpc) is 3.04. The molecule has 0 fully saturated rings.